The molecule has 1 aromatic carbocycles. The van der Waals surface area contributed by atoms with Crippen molar-refractivity contribution in [3.8, 4) is 0 Å². The third-order valence-corrected chi connectivity index (χ3v) is 4.18. The molecule has 1 atom stereocenters. The first-order valence-corrected chi connectivity index (χ1v) is 7.77. The quantitative estimate of drug-likeness (QED) is 0.828. The van der Waals surface area contributed by atoms with E-state index in [1.165, 1.54) is 19.3 Å². The average molecular weight is 288 g/mol. The maximum atomic E-state index is 11.3. The highest BCUT2D eigenvalue weighted by Gasteiger charge is 2.17. The van der Waals surface area contributed by atoms with Crippen molar-refractivity contribution in [2.75, 3.05) is 0 Å². The molecule has 1 heterocycles. The second-order valence-corrected chi connectivity index (χ2v) is 5.66. The molecule has 4 heteroatoms. The van der Waals surface area contributed by atoms with Crippen molar-refractivity contribution in [2.45, 2.75) is 53.0 Å². The molecule has 4 nitrogen and oxygen atoms in total. The first kappa shape index (κ1) is 15.5. The van der Waals surface area contributed by atoms with Gasteiger partial charge in [-0.05, 0) is 31.4 Å². The minimum absolute atomic E-state index is 0.288. The van der Waals surface area contributed by atoms with E-state index in [0.29, 0.717) is 11.4 Å². The molecule has 1 unspecified atom stereocenters. The third-order valence-electron chi connectivity index (χ3n) is 4.18. The summed E-state index contributed by atoms with van der Waals surface area (Å²) in [4.78, 5) is 15.8. The summed E-state index contributed by atoms with van der Waals surface area (Å²) in [6.45, 7) is 7.31. The SMILES string of the molecule is CCCCC(CC)Cn1c(C)nc2c(C(=O)O)cccc21. The smallest absolute Gasteiger partial charge is 0.337 e. The van der Waals surface area contributed by atoms with Gasteiger partial charge in [0.1, 0.15) is 11.3 Å². The van der Waals surface area contributed by atoms with E-state index in [4.69, 9.17) is 0 Å². The lowest BCUT2D eigenvalue weighted by Crippen LogP contribution is -2.11. The number of aryl methyl sites for hydroxylation is 1. The van der Waals surface area contributed by atoms with Crippen LogP contribution in [0, 0.1) is 12.8 Å². The van der Waals surface area contributed by atoms with Crippen molar-refractivity contribution in [1.82, 2.24) is 9.55 Å². The fourth-order valence-corrected chi connectivity index (χ4v) is 2.84. The summed E-state index contributed by atoms with van der Waals surface area (Å²) in [7, 11) is 0. The average Bonchev–Trinajstić information content (AvgIpc) is 2.78. The zero-order valence-corrected chi connectivity index (χ0v) is 13.1. The number of carboxylic acid groups (broad SMARTS) is 1. The molecular formula is C17H24N2O2. The summed E-state index contributed by atoms with van der Waals surface area (Å²) in [5.74, 6) is 0.603. The number of aromatic carboxylic acids is 1. The Bertz CT molecular complexity index is 631. The zero-order valence-electron chi connectivity index (χ0n) is 13.1. The van der Waals surface area contributed by atoms with Crippen molar-refractivity contribution < 1.29 is 9.90 Å². The molecule has 0 spiro atoms. The Morgan fingerprint density at radius 2 is 2.14 bits per heavy atom. The first-order valence-electron chi connectivity index (χ1n) is 7.77. The van der Waals surface area contributed by atoms with Crippen LogP contribution in [0.2, 0.25) is 0 Å². The lowest BCUT2D eigenvalue weighted by Gasteiger charge is -2.17. The van der Waals surface area contributed by atoms with E-state index < -0.39 is 5.97 Å². The molecule has 114 valence electrons. The standard InChI is InChI=1S/C17H24N2O2/c1-4-6-8-13(5-2)11-19-12(3)18-16-14(17(20)21)9-7-10-15(16)19/h7,9-10,13H,4-6,8,11H2,1-3H3,(H,20,21). The normalized spacial score (nSPS) is 12.7. The van der Waals surface area contributed by atoms with E-state index >= 15 is 0 Å². The van der Waals surface area contributed by atoms with E-state index in [1.807, 2.05) is 13.0 Å². The zero-order chi connectivity index (χ0) is 15.4. The fourth-order valence-electron chi connectivity index (χ4n) is 2.84. The van der Waals surface area contributed by atoms with Gasteiger partial charge in [0.15, 0.2) is 0 Å². The lowest BCUT2D eigenvalue weighted by molar-refractivity contribution is 0.0699. The van der Waals surface area contributed by atoms with Crippen molar-refractivity contribution in [1.29, 1.82) is 0 Å². The van der Waals surface area contributed by atoms with Crippen LogP contribution < -0.4 is 0 Å². The number of aromatic nitrogens is 2. The minimum atomic E-state index is -0.914. The van der Waals surface area contributed by atoms with Crippen LogP contribution in [0.5, 0.6) is 0 Å². The second-order valence-electron chi connectivity index (χ2n) is 5.66. The van der Waals surface area contributed by atoms with Crippen LogP contribution in [-0.4, -0.2) is 20.6 Å². The Kier molecular flexibility index (Phi) is 4.99. The molecule has 0 saturated carbocycles. The highest BCUT2D eigenvalue weighted by Crippen LogP contribution is 2.23. The number of hydrogen-bond acceptors (Lipinski definition) is 2. The number of carboxylic acids is 1. The predicted molar refractivity (Wildman–Crippen MR) is 84.7 cm³/mol. The molecule has 0 aliphatic carbocycles. The van der Waals surface area contributed by atoms with E-state index in [-0.39, 0.29) is 5.56 Å². The van der Waals surface area contributed by atoms with Gasteiger partial charge in [-0.3, -0.25) is 0 Å². The highest BCUT2D eigenvalue weighted by atomic mass is 16.4. The number of para-hydroxylation sites is 1. The molecule has 0 aliphatic rings. The molecular weight excluding hydrogens is 264 g/mol. The van der Waals surface area contributed by atoms with Crippen LogP contribution in [-0.2, 0) is 6.54 Å². The van der Waals surface area contributed by atoms with Gasteiger partial charge in [0.25, 0.3) is 0 Å². The van der Waals surface area contributed by atoms with Crippen LogP contribution in [0.25, 0.3) is 11.0 Å². The Balaban J connectivity index is 2.38. The Morgan fingerprint density at radius 1 is 1.38 bits per heavy atom. The van der Waals surface area contributed by atoms with Gasteiger partial charge in [0.2, 0.25) is 0 Å². The maximum absolute atomic E-state index is 11.3. The van der Waals surface area contributed by atoms with E-state index in [9.17, 15) is 9.90 Å². The first-order chi connectivity index (χ1) is 10.1. The van der Waals surface area contributed by atoms with Crippen molar-refractivity contribution in [3.05, 3.63) is 29.6 Å². The summed E-state index contributed by atoms with van der Waals surface area (Å²) in [5, 5.41) is 9.28. The van der Waals surface area contributed by atoms with E-state index in [2.05, 4.69) is 23.4 Å². The van der Waals surface area contributed by atoms with Crippen molar-refractivity contribution >= 4 is 17.0 Å². The second kappa shape index (κ2) is 6.74. The highest BCUT2D eigenvalue weighted by molar-refractivity contribution is 6.01. The largest absolute Gasteiger partial charge is 0.478 e. The van der Waals surface area contributed by atoms with Gasteiger partial charge in [-0.15, -0.1) is 0 Å². The van der Waals surface area contributed by atoms with Crippen LogP contribution in [0.4, 0.5) is 0 Å². The van der Waals surface area contributed by atoms with E-state index in [0.717, 1.165) is 24.3 Å². The number of benzene rings is 1. The van der Waals surface area contributed by atoms with Crippen molar-refractivity contribution in [3.63, 3.8) is 0 Å². The van der Waals surface area contributed by atoms with Crippen LogP contribution in [0.3, 0.4) is 0 Å². The van der Waals surface area contributed by atoms with Gasteiger partial charge in [-0.2, -0.15) is 0 Å². The molecule has 0 bridgehead atoms. The van der Waals surface area contributed by atoms with Gasteiger partial charge < -0.3 is 9.67 Å². The number of rotatable bonds is 7. The molecule has 21 heavy (non-hydrogen) atoms. The third kappa shape index (κ3) is 3.26. The Morgan fingerprint density at radius 3 is 2.76 bits per heavy atom. The molecule has 0 fully saturated rings. The van der Waals surface area contributed by atoms with Crippen molar-refractivity contribution in [2.24, 2.45) is 5.92 Å². The molecule has 1 N–H and O–H groups in total. The summed E-state index contributed by atoms with van der Waals surface area (Å²) in [5.41, 5.74) is 1.83. The summed E-state index contributed by atoms with van der Waals surface area (Å²) in [6.07, 6.45) is 4.80. The molecule has 2 rings (SSSR count). The van der Waals surface area contributed by atoms with Gasteiger partial charge in [0.05, 0.1) is 11.1 Å². The number of unbranched alkanes of at least 4 members (excludes halogenated alkanes) is 1. The van der Waals surface area contributed by atoms with E-state index in [1.54, 1.807) is 12.1 Å². The van der Waals surface area contributed by atoms with Crippen LogP contribution >= 0.6 is 0 Å². The summed E-state index contributed by atoms with van der Waals surface area (Å²) >= 11 is 0. The van der Waals surface area contributed by atoms with Gasteiger partial charge in [-0.25, -0.2) is 9.78 Å². The number of imidazole rings is 1. The monoisotopic (exact) mass is 288 g/mol. The molecule has 0 radical (unpaired) electrons. The summed E-state index contributed by atoms with van der Waals surface area (Å²) in [6, 6.07) is 5.39. The predicted octanol–water partition coefficient (Wildman–Crippen LogP) is 4.26. The van der Waals surface area contributed by atoms with Crippen LogP contribution in [0.1, 0.15) is 55.7 Å². The molecule has 0 amide bonds. The number of hydrogen-bond donors (Lipinski definition) is 1. The topological polar surface area (TPSA) is 55.1 Å². The number of carbonyl (C=O) groups is 1. The minimum Gasteiger partial charge on any atom is -0.478 e. The lowest BCUT2D eigenvalue weighted by atomic mass is 9.99. The fraction of sp³-hybridized carbons (Fsp3) is 0.529. The molecule has 1 aromatic heterocycles. The molecule has 0 saturated heterocycles. The Hall–Kier alpha value is -1.84. The Labute approximate surface area is 125 Å². The van der Waals surface area contributed by atoms with Gasteiger partial charge in [0, 0.05) is 6.54 Å². The number of fused-ring (bicyclic) bond motifs is 1. The van der Waals surface area contributed by atoms with Crippen LogP contribution in [0.15, 0.2) is 18.2 Å². The molecule has 2 aromatic rings. The summed E-state index contributed by atoms with van der Waals surface area (Å²) < 4.78 is 2.17. The van der Waals surface area contributed by atoms with Gasteiger partial charge >= 0.3 is 5.97 Å². The maximum Gasteiger partial charge on any atom is 0.337 e. The molecule has 0 aliphatic heterocycles. The number of nitrogens with zero attached hydrogens (tertiary/aromatic N) is 2. The van der Waals surface area contributed by atoms with Gasteiger partial charge in [-0.1, -0.05) is 39.2 Å².